The first-order chi connectivity index (χ1) is 13.7. The molecule has 10 atom stereocenters. The summed E-state index contributed by atoms with van der Waals surface area (Å²) in [4.78, 5) is 11.6. The van der Waals surface area contributed by atoms with Gasteiger partial charge in [-0.3, -0.25) is 4.79 Å². The summed E-state index contributed by atoms with van der Waals surface area (Å²) in [6, 6.07) is 0. The molecule has 0 saturated heterocycles. The van der Waals surface area contributed by atoms with Crippen LogP contribution < -0.4 is 0 Å². The van der Waals surface area contributed by atoms with Crippen LogP contribution in [0, 0.1) is 46.3 Å². The summed E-state index contributed by atoms with van der Waals surface area (Å²) in [5.74, 6) is 3.42. The molecule has 4 aliphatic carbocycles. The molecule has 3 unspecified atom stereocenters. The lowest BCUT2D eigenvalue weighted by Gasteiger charge is -2.62. The molecule has 4 saturated carbocycles. The fraction of sp³-hybridized carbons (Fsp3) is 0.960. The van der Waals surface area contributed by atoms with E-state index in [-0.39, 0.29) is 29.5 Å². The third kappa shape index (κ3) is 3.46. The van der Waals surface area contributed by atoms with E-state index in [4.69, 9.17) is 4.74 Å². The second-order valence-electron chi connectivity index (χ2n) is 11.5. The lowest BCUT2D eigenvalue weighted by molar-refractivity contribution is -0.172. The minimum atomic E-state index is -0.255. The molecular weight excluding hydrogens is 364 g/mol. The Labute approximate surface area is 176 Å². The summed E-state index contributed by atoms with van der Waals surface area (Å²) >= 11 is 0. The molecule has 4 heteroatoms. The van der Waals surface area contributed by atoms with Gasteiger partial charge in [0.25, 0.3) is 0 Å². The normalized spacial score (nSPS) is 50.2. The summed E-state index contributed by atoms with van der Waals surface area (Å²) in [5.41, 5.74) is 0.533. The third-order valence-corrected chi connectivity index (χ3v) is 10.4. The average molecular weight is 407 g/mol. The van der Waals surface area contributed by atoms with E-state index >= 15 is 0 Å². The van der Waals surface area contributed by atoms with Crippen LogP contribution in [0.15, 0.2) is 0 Å². The van der Waals surface area contributed by atoms with Crippen molar-refractivity contribution < 1.29 is 19.7 Å². The molecule has 166 valence electrons. The van der Waals surface area contributed by atoms with Crippen molar-refractivity contribution in [2.24, 2.45) is 46.3 Å². The van der Waals surface area contributed by atoms with E-state index in [1.165, 1.54) is 32.8 Å². The summed E-state index contributed by atoms with van der Waals surface area (Å²) in [7, 11) is 1.48. The minimum Gasteiger partial charge on any atom is -0.469 e. The van der Waals surface area contributed by atoms with Gasteiger partial charge in [-0.15, -0.1) is 0 Å². The molecule has 0 radical (unpaired) electrons. The highest BCUT2D eigenvalue weighted by molar-refractivity contribution is 5.69. The van der Waals surface area contributed by atoms with Crippen molar-refractivity contribution in [3.05, 3.63) is 0 Å². The number of carbonyl (C=O) groups is 1. The average Bonchev–Trinajstić information content (AvgIpc) is 3.05. The predicted molar refractivity (Wildman–Crippen MR) is 113 cm³/mol. The summed E-state index contributed by atoms with van der Waals surface area (Å²) < 4.78 is 4.86. The number of aliphatic hydroxyl groups excluding tert-OH is 2. The highest BCUT2D eigenvalue weighted by atomic mass is 16.5. The lowest BCUT2D eigenvalue weighted by atomic mass is 9.44. The van der Waals surface area contributed by atoms with E-state index in [0.717, 1.165) is 32.1 Å². The Balaban J connectivity index is 1.52. The first-order valence-electron chi connectivity index (χ1n) is 12.1. The maximum atomic E-state index is 11.6. The fourth-order valence-corrected chi connectivity index (χ4v) is 8.90. The molecule has 0 aromatic heterocycles. The summed E-state index contributed by atoms with van der Waals surface area (Å²) in [6.07, 6.45) is 9.77. The first-order valence-corrected chi connectivity index (χ1v) is 12.1. The van der Waals surface area contributed by atoms with Gasteiger partial charge in [-0.25, -0.2) is 0 Å². The quantitative estimate of drug-likeness (QED) is 0.671. The smallest absolute Gasteiger partial charge is 0.305 e. The van der Waals surface area contributed by atoms with Gasteiger partial charge in [0, 0.05) is 6.42 Å². The van der Waals surface area contributed by atoms with Crippen LogP contribution in [0.5, 0.6) is 0 Å². The maximum absolute atomic E-state index is 11.6. The van der Waals surface area contributed by atoms with Gasteiger partial charge in [-0.05, 0) is 104 Å². The number of carbonyl (C=O) groups excluding carboxylic acids is 1. The number of hydrogen-bond donors (Lipinski definition) is 2. The second kappa shape index (κ2) is 7.82. The van der Waals surface area contributed by atoms with Crippen LogP contribution in [0.3, 0.4) is 0 Å². The molecule has 4 rings (SSSR count). The van der Waals surface area contributed by atoms with Gasteiger partial charge >= 0.3 is 5.97 Å². The van der Waals surface area contributed by atoms with Gasteiger partial charge in [0.1, 0.15) is 0 Å². The third-order valence-electron chi connectivity index (χ3n) is 10.4. The van der Waals surface area contributed by atoms with Gasteiger partial charge in [0.05, 0.1) is 19.3 Å². The zero-order chi connectivity index (χ0) is 21.0. The molecule has 0 aromatic rings. The minimum absolute atomic E-state index is 0.0888. The molecule has 0 bridgehead atoms. The molecule has 29 heavy (non-hydrogen) atoms. The van der Waals surface area contributed by atoms with E-state index in [1.54, 1.807) is 0 Å². The van der Waals surface area contributed by atoms with Crippen molar-refractivity contribution in [3.63, 3.8) is 0 Å². The van der Waals surface area contributed by atoms with Crippen LogP contribution in [0.2, 0.25) is 0 Å². The number of rotatable bonds is 4. The first kappa shape index (κ1) is 21.6. The van der Waals surface area contributed by atoms with Crippen molar-refractivity contribution in [3.8, 4) is 0 Å². The number of esters is 1. The van der Waals surface area contributed by atoms with E-state index in [2.05, 4.69) is 20.8 Å². The Morgan fingerprint density at radius 1 is 1.00 bits per heavy atom. The van der Waals surface area contributed by atoms with Crippen molar-refractivity contribution in [2.75, 3.05) is 7.11 Å². The largest absolute Gasteiger partial charge is 0.469 e. The number of methoxy groups -OCH3 is 1. The van der Waals surface area contributed by atoms with Crippen molar-refractivity contribution in [2.45, 2.75) is 97.2 Å². The number of aliphatic hydroxyl groups is 2. The Kier molecular flexibility index (Phi) is 5.83. The van der Waals surface area contributed by atoms with Gasteiger partial charge in [0.2, 0.25) is 0 Å². The number of fused-ring (bicyclic) bond motifs is 5. The highest BCUT2D eigenvalue weighted by Crippen LogP contribution is 2.68. The predicted octanol–water partition coefficient (Wildman–Crippen LogP) is 4.57. The van der Waals surface area contributed by atoms with E-state index in [9.17, 15) is 15.0 Å². The molecule has 2 N–H and O–H groups in total. The number of ether oxygens (including phenoxy) is 1. The molecule has 0 aliphatic heterocycles. The maximum Gasteiger partial charge on any atom is 0.305 e. The van der Waals surface area contributed by atoms with Crippen molar-refractivity contribution in [1.29, 1.82) is 0 Å². The fourth-order valence-electron chi connectivity index (χ4n) is 8.90. The van der Waals surface area contributed by atoms with Gasteiger partial charge in [-0.2, -0.15) is 0 Å². The highest BCUT2D eigenvalue weighted by Gasteiger charge is 2.62. The molecule has 4 nitrogen and oxygen atoms in total. The lowest BCUT2D eigenvalue weighted by Crippen LogP contribution is -2.58. The van der Waals surface area contributed by atoms with Crippen LogP contribution in [-0.4, -0.2) is 35.5 Å². The molecule has 0 heterocycles. The second-order valence-corrected chi connectivity index (χ2v) is 11.5. The zero-order valence-corrected chi connectivity index (χ0v) is 18.9. The van der Waals surface area contributed by atoms with E-state index < -0.39 is 0 Å². The SMILES string of the molecule is COC(=O)CC[C@@H](C)[C@H]1CCC2C3C[C@H](O)[C@@H]4C[C@H](O)CC[C@]4(C)C3CC[C@@]21C. The van der Waals surface area contributed by atoms with Crippen LogP contribution in [0.25, 0.3) is 0 Å². The summed E-state index contributed by atoms with van der Waals surface area (Å²) in [5, 5.41) is 21.3. The zero-order valence-electron chi connectivity index (χ0n) is 18.9. The topological polar surface area (TPSA) is 66.8 Å². The van der Waals surface area contributed by atoms with Crippen LogP contribution in [0.1, 0.15) is 85.0 Å². The number of hydrogen-bond acceptors (Lipinski definition) is 4. The van der Waals surface area contributed by atoms with E-state index in [0.29, 0.717) is 41.4 Å². The Bertz CT molecular complexity index is 620. The Morgan fingerprint density at radius 3 is 2.41 bits per heavy atom. The van der Waals surface area contributed by atoms with Gasteiger partial charge in [-0.1, -0.05) is 20.8 Å². The molecule has 4 fully saturated rings. The molecule has 4 aliphatic rings. The standard InChI is InChI=1S/C25H42O4/c1-15(5-8-23(28)29-4)18-6-7-19-17-14-22(27)21-13-16(26)9-11-25(21,3)20(17)10-12-24(18,19)2/h15-22,26-27H,5-14H2,1-4H3/t15-,16-,17?,18-,19?,20?,21+,22+,24-,25-/m1/s1. The summed E-state index contributed by atoms with van der Waals surface area (Å²) in [6.45, 7) is 7.28. The van der Waals surface area contributed by atoms with Gasteiger partial charge < -0.3 is 14.9 Å². The molecule has 0 spiro atoms. The molecule has 0 amide bonds. The van der Waals surface area contributed by atoms with Crippen molar-refractivity contribution in [1.82, 2.24) is 0 Å². The molecular formula is C25H42O4. The van der Waals surface area contributed by atoms with Gasteiger partial charge in [0.15, 0.2) is 0 Å². The monoisotopic (exact) mass is 406 g/mol. The van der Waals surface area contributed by atoms with Crippen LogP contribution >= 0.6 is 0 Å². The van der Waals surface area contributed by atoms with Crippen LogP contribution in [-0.2, 0) is 9.53 Å². The van der Waals surface area contributed by atoms with Crippen molar-refractivity contribution >= 4 is 5.97 Å². The molecule has 0 aromatic carbocycles. The Hall–Kier alpha value is -0.610. The van der Waals surface area contributed by atoms with E-state index in [1.807, 2.05) is 0 Å². The Morgan fingerprint density at radius 2 is 1.69 bits per heavy atom. The van der Waals surface area contributed by atoms with Crippen LogP contribution in [0.4, 0.5) is 0 Å².